The van der Waals surface area contributed by atoms with E-state index >= 15 is 0 Å². The summed E-state index contributed by atoms with van der Waals surface area (Å²) in [7, 11) is 0. The van der Waals surface area contributed by atoms with Crippen molar-refractivity contribution >= 4 is 5.65 Å². The van der Waals surface area contributed by atoms with Gasteiger partial charge in [-0.25, -0.2) is 18.3 Å². The van der Waals surface area contributed by atoms with Gasteiger partial charge in [-0.15, -0.1) is 5.10 Å². The maximum absolute atomic E-state index is 13.3. The predicted octanol–water partition coefficient (Wildman–Crippen LogP) is 0.950. The fourth-order valence-electron chi connectivity index (χ4n) is 1.96. The summed E-state index contributed by atoms with van der Waals surface area (Å²) in [5.41, 5.74) is 0.776. The standard InChI is InChI=1S/C13H8FN5O/c14-11-4-9(6-15)3-10(5-11)8-19-13(20)18-2-1-16-7-12(18)17-19/h1-5,7H,8H2. The van der Waals surface area contributed by atoms with E-state index in [1.165, 1.54) is 39.8 Å². The molecule has 0 aliphatic heterocycles. The highest BCUT2D eigenvalue weighted by Gasteiger charge is 2.08. The van der Waals surface area contributed by atoms with Crippen LogP contribution in [0.25, 0.3) is 5.65 Å². The summed E-state index contributed by atoms with van der Waals surface area (Å²) in [6, 6.07) is 5.81. The molecule has 0 bridgehead atoms. The van der Waals surface area contributed by atoms with Crippen LogP contribution in [0.2, 0.25) is 0 Å². The van der Waals surface area contributed by atoms with Crippen molar-refractivity contribution in [3.8, 4) is 6.07 Å². The molecule has 0 amide bonds. The molecule has 2 heterocycles. The van der Waals surface area contributed by atoms with Gasteiger partial charge in [0.25, 0.3) is 0 Å². The number of benzene rings is 1. The van der Waals surface area contributed by atoms with E-state index < -0.39 is 5.82 Å². The van der Waals surface area contributed by atoms with Crippen LogP contribution >= 0.6 is 0 Å². The molecule has 0 unspecified atom stereocenters. The van der Waals surface area contributed by atoms with Crippen molar-refractivity contribution in [2.24, 2.45) is 0 Å². The monoisotopic (exact) mass is 269 g/mol. The van der Waals surface area contributed by atoms with E-state index in [9.17, 15) is 9.18 Å². The van der Waals surface area contributed by atoms with Crippen molar-refractivity contribution in [1.29, 1.82) is 5.26 Å². The van der Waals surface area contributed by atoms with Crippen molar-refractivity contribution in [2.75, 3.05) is 0 Å². The minimum atomic E-state index is -0.516. The highest BCUT2D eigenvalue weighted by molar-refractivity contribution is 5.35. The second-order valence-electron chi connectivity index (χ2n) is 4.20. The van der Waals surface area contributed by atoms with E-state index in [2.05, 4.69) is 10.1 Å². The van der Waals surface area contributed by atoms with Crippen molar-refractivity contribution in [3.63, 3.8) is 0 Å². The molecule has 0 aliphatic carbocycles. The van der Waals surface area contributed by atoms with Crippen molar-refractivity contribution in [1.82, 2.24) is 19.2 Å². The van der Waals surface area contributed by atoms with E-state index in [4.69, 9.17) is 5.26 Å². The van der Waals surface area contributed by atoms with Crippen LogP contribution in [-0.4, -0.2) is 19.2 Å². The molecule has 1 aromatic carbocycles. The topological polar surface area (TPSA) is 76.0 Å². The Hall–Kier alpha value is -3.01. The fourth-order valence-corrected chi connectivity index (χ4v) is 1.96. The highest BCUT2D eigenvalue weighted by atomic mass is 19.1. The summed E-state index contributed by atoms with van der Waals surface area (Å²) >= 11 is 0. The van der Waals surface area contributed by atoms with Gasteiger partial charge in [0.15, 0.2) is 5.65 Å². The second-order valence-corrected chi connectivity index (χ2v) is 4.20. The zero-order valence-electron chi connectivity index (χ0n) is 10.2. The molecule has 0 fully saturated rings. The maximum atomic E-state index is 13.3. The lowest BCUT2D eigenvalue weighted by Crippen LogP contribution is -2.21. The van der Waals surface area contributed by atoms with Gasteiger partial charge in [-0.3, -0.25) is 4.98 Å². The molecule has 2 aromatic heterocycles. The summed E-state index contributed by atoms with van der Waals surface area (Å²) in [4.78, 5) is 15.9. The molecule has 0 saturated heterocycles. The van der Waals surface area contributed by atoms with E-state index in [-0.39, 0.29) is 17.8 Å². The SMILES string of the molecule is N#Cc1cc(F)cc(Cn2nc3cnccn3c2=O)c1. The Morgan fingerprint density at radius 3 is 2.95 bits per heavy atom. The quantitative estimate of drug-likeness (QED) is 0.694. The van der Waals surface area contributed by atoms with Gasteiger partial charge in [-0.05, 0) is 23.8 Å². The molecule has 0 saturated carbocycles. The third-order valence-corrected chi connectivity index (χ3v) is 2.81. The molecule has 0 N–H and O–H groups in total. The zero-order valence-corrected chi connectivity index (χ0v) is 10.2. The molecule has 3 aromatic rings. The largest absolute Gasteiger partial charge is 0.350 e. The zero-order chi connectivity index (χ0) is 14.1. The number of aromatic nitrogens is 4. The average Bonchev–Trinajstić information content (AvgIpc) is 2.75. The molecule has 0 aliphatic rings. The molecule has 0 atom stereocenters. The normalized spacial score (nSPS) is 10.6. The lowest BCUT2D eigenvalue weighted by atomic mass is 10.1. The fraction of sp³-hybridized carbons (Fsp3) is 0.0769. The van der Waals surface area contributed by atoms with Gasteiger partial charge in [0.1, 0.15) is 5.82 Å². The van der Waals surface area contributed by atoms with E-state index in [1.54, 1.807) is 0 Å². The molecular weight excluding hydrogens is 261 g/mol. The number of nitrogens with zero attached hydrogens (tertiary/aromatic N) is 5. The second kappa shape index (κ2) is 4.59. The Kier molecular flexibility index (Phi) is 2.76. The molecule has 0 spiro atoms. The molecule has 3 rings (SSSR count). The Labute approximate surface area is 112 Å². The van der Waals surface area contributed by atoms with Gasteiger partial charge in [0.05, 0.1) is 24.4 Å². The predicted molar refractivity (Wildman–Crippen MR) is 67.5 cm³/mol. The summed E-state index contributed by atoms with van der Waals surface area (Å²) in [6.45, 7) is 0.0902. The molecule has 98 valence electrons. The van der Waals surface area contributed by atoms with Gasteiger partial charge in [0.2, 0.25) is 0 Å². The Bertz CT molecular complexity index is 890. The van der Waals surface area contributed by atoms with Gasteiger partial charge < -0.3 is 0 Å². The van der Waals surface area contributed by atoms with Gasteiger partial charge in [-0.2, -0.15) is 5.26 Å². The summed E-state index contributed by atoms with van der Waals surface area (Å²) in [5.74, 6) is -0.516. The Balaban J connectivity index is 2.06. The number of nitriles is 1. The van der Waals surface area contributed by atoms with Crippen LogP contribution in [0.15, 0.2) is 41.6 Å². The van der Waals surface area contributed by atoms with Crippen LogP contribution in [0.3, 0.4) is 0 Å². The first-order valence-electron chi connectivity index (χ1n) is 5.76. The summed E-state index contributed by atoms with van der Waals surface area (Å²) in [5, 5.41) is 12.9. The van der Waals surface area contributed by atoms with E-state index in [0.717, 1.165) is 6.07 Å². The van der Waals surface area contributed by atoms with Crippen LogP contribution < -0.4 is 5.69 Å². The Morgan fingerprint density at radius 1 is 1.35 bits per heavy atom. The number of hydrogen-bond donors (Lipinski definition) is 0. The summed E-state index contributed by atoms with van der Waals surface area (Å²) < 4.78 is 15.9. The van der Waals surface area contributed by atoms with E-state index in [0.29, 0.717) is 11.2 Å². The van der Waals surface area contributed by atoms with Crippen molar-refractivity contribution in [3.05, 3.63) is 64.2 Å². The molecule has 7 heteroatoms. The number of halogens is 1. The van der Waals surface area contributed by atoms with Crippen LogP contribution in [-0.2, 0) is 6.54 Å². The lowest BCUT2D eigenvalue weighted by molar-refractivity contribution is 0.615. The maximum Gasteiger partial charge on any atom is 0.350 e. The third kappa shape index (κ3) is 2.03. The summed E-state index contributed by atoms with van der Waals surface area (Å²) in [6.07, 6.45) is 4.45. The smallest absolute Gasteiger partial charge is 0.259 e. The first-order chi connectivity index (χ1) is 9.67. The van der Waals surface area contributed by atoms with Gasteiger partial charge in [0, 0.05) is 12.4 Å². The molecule has 6 nitrogen and oxygen atoms in total. The van der Waals surface area contributed by atoms with Crippen molar-refractivity contribution in [2.45, 2.75) is 6.54 Å². The number of fused-ring (bicyclic) bond motifs is 1. The van der Waals surface area contributed by atoms with Gasteiger partial charge in [-0.1, -0.05) is 0 Å². The number of hydrogen-bond acceptors (Lipinski definition) is 4. The van der Waals surface area contributed by atoms with Crippen molar-refractivity contribution < 1.29 is 4.39 Å². The first-order valence-corrected chi connectivity index (χ1v) is 5.76. The molecular formula is C13H8FN5O. The van der Waals surface area contributed by atoms with Crippen LogP contribution in [0.5, 0.6) is 0 Å². The lowest BCUT2D eigenvalue weighted by Gasteiger charge is -2.01. The van der Waals surface area contributed by atoms with E-state index in [1.807, 2.05) is 6.07 Å². The molecule has 20 heavy (non-hydrogen) atoms. The number of rotatable bonds is 2. The van der Waals surface area contributed by atoms with Crippen LogP contribution in [0, 0.1) is 17.1 Å². The minimum absolute atomic E-state index is 0.0902. The highest BCUT2D eigenvalue weighted by Crippen LogP contribution is 2.09. The average molecular weight is 269 g/mol. The van der Waals surface area contributed by atoms with Crippen LogP contribution in [0.1, 0.15) is 11.1 Å². The first kappa shape index (κ1) is 12.0. The molecule has 0 radical (unpaired) electrons. The van der Waals surface area contributed by atoms with Crippen LogP contribution in [0.4, 0.5) is 4.39 Å². The van der Waals surface area contributed by atoms with Gasteiger partial charge >= 0.3 is 5.69 Å². The Morgan fingerprint density at radius 2 is 2.20 bits per heavy atom. The minimum Gasteiger partial charge on any atom is -0.259 e. The third-order valence-electron chi connectivity index (χ3n) is 2.81.